The normalized spacial score (nSPS) is 33.2. The highest BCUT2D eigenvalue weighted by Crippen LogP contribution is 2.31. The molecule has 0 unspecified atom stereocenters. The molecule has 3 rings (SSSR count). The molecule has 0 aliphatic carbocycles. The van der Waals surface area contributed by atoms with Gasteiger partial charge in [-0.3, -0.25) is 9.69 Å². The third-order valence-electron chi connectivity index (χ3n) is 3.55. The van der Waals surface area contributed by atoms with Crippen molar-refractivity contribution in [3.63, 3.8) is 0 Å². The topological polar surface area (TPSA) is 58.6 Å². The number of fused-ring (bicyclic) bond motifs is 4. The fourth-order valence-corrected chi connectivity index (χ4v) is 2.69. The average molecular weight is 226 g/mol. The van der Waals surface area contributed by atoms with Crippen LogP contribution in [0.5, 0.6) is 0 Å². The SMILES string of the molecule is CCOC(=O)N1[C@@H]2CC[C@@H](C(=O)NC2)[C@@H]1C. The van der Waals surface area contributed by atoms with E-state index >= 15 is 0 Å². The second kappa shape index (κ2) is 4.31. The molecule has 90 valence electrons. The Bertz CT molecular complexity index is 306. The smallest absolute Gasteiger partial charge is 0.410 e. The quantitative estimate of drug-likeness (QED) is 0.717. The van der Waals surface area contributed by atoms with Crippen molar-refractivity contribution in [2.45, 2.75) is 38.8 Å². The van der Waals surface area contributed by atoms with Crippen LogP contribution >= 0.6 is 0 Å². The number of ether oxygens (including phenoxy) is 1. The van der Waals surface area contributed by atoms with Crippen molar-refractivity contribution in [3.05, 3.63) is 0 Å². The highest BCUT2D eigenvalue weighted by atomic mass is 16.6. The molecule has 0 saturated carbocycles. The van der Waals surface area contributed by atoms with Gasteiger partial charge in [0.15, 0.2) is 0 Å². The number of nitrogens with one attached hydrogen (secondary N) is 1. The first kappa shape index (κ1) is 11.2. The fraction of sp³-hybridized carbons (Fsp3) is 0.818. The molecule has 2 amide bonds. The molecule has 1 N–H and O–H groups in total. The molecule has 3 aliphatic heterocycles. The minimum Gasteiger partial charge on any atom is -0.450 e. The summed E-state index contributed by atoms with van der Waals surface area (Å²) in [6.07, 6.45) is 1.46. The van der Waals surface area contributed by atoms with E-state index in [2.05, 4.69) is 5.32 Å². The van der Waals surface area contributed by atoms with Gasteiger partial charge in [-0.1, -0.05) is 0 Å². The molecule has 3 atom stereocenters. The lowest BCUT2D eigenvalue weighted by Gasteiger charge is -2.39. The van der Waals surface area contributed by atoms with E-state index in [1.165, 1.54) is 0 Å². The molecule has 2 bridgehead atoms. The first-order valence-electron chi connectivity index (χ1n) is 5.88. The fourth-order valence-electron chi connectivity index (χ4n) is 2.69. The molecule has 5 nitrogen and oxygen atoms in total. The largest absolute Gasteiger partial charge is 0.450 e. The molecular weight excluding hydrogens is 208 g/mol. The number of rotatable bonds is 1. The van der Waals surface area contributed by atoms with Gasteiger partial charge >= 0.3 is 6.09 Å². The summed E-state index contributed by atoms with van der Waals surface area (Å²) in [6.45, 7) is 4.65. The number of piperidine rings is 1. The third kappa shape index (κ3) is 1.74. The highest BCUT2D eigenvalue weighted by Gasteiger charge is 2.44. The zero-order valence-corrected chi connectivity index (χ0v) is 9.73. The minimum absolute atomic E-state index is 0.0553. The molecule has 0 aromatic heterocycles. The van der Waals surface area contributed by atoms with Crippen LogP contribution in [-0.4, -0.2) is 42.1 Å². The van der Waals surface area contributed by atoms with Crippen molar-refractivity contribution < 1.29 is 14.3 Å². The van der Waals surface area contributed by atoms with Crippen LogP contribution in [0.15, 0.2) is 0 Å². The Hall–Kier alpha value is -1.26. The Labute approximate surface area is 95.1 Å². The van der Waals surface area contributed by atoms with Crippen LogP contribution < -0.4 is 5.32 Å². The highest BCUT2D eigenvalue weighted by molar-refractivity contribution is 5.81. The van der Waals surface area contributed by atoms with Gasteiger partial charge in [0.2, 0.25) is 5.91 Å². The van der Waals surface area contributed by atoms with Crippen molar-refractivity contribution in [2.75, 3.05) is 13.2 Å². The van der Waals surface area contributed by atoms with Crippen molar-refractivity contribution in [1.82, 2.24) is 10.2 Å². The van der Waals surface area contributed by atoms with Gasteiger partial charge in [0.1, 0.15) is 0 Å². The maximum absolute atomic E-state index is 11.8. The Balaban J connectivity index is 2.19. The van der Waals surface area contributed by atoms with Gasteiger partial charge in [-0.2, -0.15) is 0 Å². The molecule has 16 heavy (non-hydrogen) atoms. The van der Waals surface area contributed by atoms with Crippen molar-refractivity contribution in [1.29, 1.82) is 0 Å². The van der Waals surface area contributed by atoms with Crippen LogP contribution in [-0.2, 0) is 9.53 Å². The Kier molecular flexibility index (Phi) is 3.03. The van der Waals surface area contributed by atoms with Crippen molar-refractivity contribution in [3.8, 4) is 0 Å². The molecule has 3 aliphatic rings. The predicted molar refractivity (Wildman–Crippen MR) is 57.8 cm³/mol. The maximum Gasteiger partial charge on any atom is 0.410 e. The Morgan fingerprint density at radius 3 is 3.00 bits per heavy atom. The zero-order chi connectivity index (χ0) is 11.7. The second-order valence-corrected chi connectivity index (χ2v) is 4.43. The summed E-state index contributed by atoms with van der Waals surface area (Å²) in [6, 6.07) is 0.0389. The van der Waals surface area contributed by atoms with Gasteiger partial charge in [0.05, 0.1) is 18.6 Å². The summed E-state index contributed by atoms with van der Waals surface area (Å²) in [5.74, 6) is -0.00930. The summed E-state index contributed by atoms with van der Waals surface area (Å²) in [7, 11) is 0. The summed E-state index contributed by atoms with van der Waals surface area (Å²) in [5.41, 5.74) is 0. The summed E-state index contributed by atoms with van der Waals surface area (Å²) in [5, 5.41) is 2.88. The number of carbonyl (C=O) groups is 2. The lowest BCUT2D eigenvalue weighted by Crippen LogP contribution is -2.52. The van der Waals surface area contributed by atoms with E-state index in [-0.39, 0.29) is 30.0 Å². The maximum atomic E-state index is 11.8. The number of hydrogen-bond acceptors (Lipinski definition) is 3. The van der Waals surface area contributed by atoms with Crippen LogP contribution in [0.25, 0.3) is 0 Å². The van der Waals surface area contributed by atoms with Crippen molar-refractivity contribution in [2.24, 2.45) is 5.92 Å². The number of amides is 2. The standard InChI is InChI=1S/C11H18N2O3/c1-3-16-11(15)13-7(2)9-5-4-8(13)6-12-10(9)14/h7-9H,3-6H2,1-2H3,(H,12,14)/t7-,8+,9+/m0/s1. The zero-order valence-electron chi connectivity index (χ0n) is 9.73. The minimum atomic E-state index is -0.291. The van der Waals surface area contributed by atoms with Crippen LogP contribution in [0.1, 0.15) is 26.7 Å². The van der Waals surface area contributed by atoms with Gasteiger partial charge in [-0.15, -0.1) is 0 Å². The summed E-state index contributed by atoms with van der Waals surface area (Å²) in [4.78, 5) is 25.3. The van der Waals surface area contributed by atoms with E-state index < -0.39 is 0 Å². The van der Waals surface area contributed by atoms with E-state index in [1.54, 1.807) is 11.8 Å². The Morgan fingerprint density at radius 1 is 1.56 bits per heavy atom. The summed E-state index contributed by atoms with van der Waals surface area (Å²) >= 11 is 0. The lowest BCUT2D eigenvalue weighted by atomic mass is 9.88. The van der Waals surface area contributed by atoms with Gasteiger partial charge in [-0.25, -0.2) is 4.79 Å². The predicted octanol–water partition coefficient (Wildman–Crippen LogP) is 0.742. The van der Waals surface area contributed by atoms with Crippen LogP contribution in [0.2, 0.25) is 0 Å². The van der Waals surface area contributed by atoms with E-state index in [0.717, 1.165) is 12.8 Å². The van der Waals surface area contributed by atoms with E-state index in [4.69, 9.17) is 4.74 Å². The van der Waals surface area contributed by atoms with Gasteiger partial charge < -0.3 is 10.1 Å². The number of nitrogens with zero attached hydrogens (tertiary/aromatic N) is 1. The first-order valence-corrected chi connectivity index (χ1v) is 5.88. The molecule has 0 aromatic rings. The monoisotopic (exact) mass is 226 g/mol. The lowest BCUT2D eigenvalue weighted by molar-refractivity contribution is -0.126. The van der Waals surface area contributed by atoms with Crippen LogP contribution in [0, 0.1) is 5.92 Å². The van der Waals surface area contributed by atoms with E-state index in [9.17, 15) is 9.59 Å². The number of hydrogen-bond donors (Lipinski definition) is 1. The van der Waals surface area contributed by atoms with Gasteiger partial charge in [0, 0.05) is 12.6 Å². The molecule has 3 fully saturated rings. The van der Waals surface area contributed by atoms with Crippen molar-refractivity contribution >= 4 is 12.0 Å². The molecule has 3 heterocycles. The Morgan fingerprint density at radius 2 is 2.31 bits per heavy atom. The van der Waals surface area contributed by atoms with E-state index in [0.29, 0.717) is 13.2 Å². The average Bonchev–Trinajstić information content (AvgIpc) is 2.48. The van der Waals surface area contributed by atoms with Crippen LogP contribution in [0.3, 0.4) is 0 Å². The molecular formula is C11H18N2O3. The third-order valence-corrected chi connectivity index (χ3v) is 3.55. The second-order valence-electron chi connectivity index (χ2n) is 4.43. The van der Waals surface area contributed by atoms with Gasteiger partial charge in [0.25, 0.3) is 0 Å². The molecule has 0 radical (unpaired) electrons. The van der Waals surface area contributed by atoms with Crippen LogP contribution in [0.4, 0.5) is 4.79 Å². The molecule has 3 saturated heterocycles. The number of carbonyl (C=O) groups excluding carboxylic acids is 2. The molecule has 0 spiro atoms. The summed E-state index contributed by atoms with van der Waals surface area (Å²) < 4.78 is 5.04. The van der Waals surface area contributed by atoms with Gasteiger partial charge in [-0.05, 0) is 26.7 Å². The van der Waals surface area contributed by atoms with E-state index in [1.807, 2.05) is 6.92 Å². The molecule has 0 aromatic carbocycles. The first-order chi connectivity index (χ1) is 7.65. The molecule has 5 heteroatoms.